The number of rotatable bonds is 3. The summed E-state index contributed by atoms with van der Waals surface area (Å²) < 4.78 is 5.88. The lowest BCUT2D eigenvalue weighted by Crippen LogP contribution is -1.98. The zero-order valence-corrected chi connectivity index (χ0v) is 13.8. The zero-order chi connectivity index (χ0) is 16.4. The Morgan fingerprint density at radius 1 is 1.09 bits per heavy atom. The number of halogens is 2. The molecule has 5 heteroatoms. The average molecular weight is 343 g/mol. The van der Waals surface area contributed by atoms with Crippen molar-refractivity contribution in [1.29, 1.82) is 5.26 Å². The minimum absolute atomic E-state index is 0.331. The van der Waals surface area contributed by atoms with Crippen molar-refractivity contribution >= 4 is 34.1 Å². The minimum Gasteiger partial charge on any atom is -0.485 e. The first-order valence-electron chi connectivity index (χ1n) is 6.95. The zero-order valence-electron chi connectivity index (χ0n) is 12.3. The molecule has 2 aromatic carbocycles. The maximum absolute atomic E-state index is 8.82. The Bertz CT molecular complexity index is 915. The molecule has 0 N–H and O–H groups in total. The Labute approximate surface area is 144 Å². The highest BCUT2D eigenvalue weighted by molar-refractivity contribution is 6.39. The fraction of sp³-hybridized carbons (Fsp3) is 0.111. The third-order valence-electron chi connectivity index (χ3n) is 3.44. The van der Waals surface area contributed by atoms with Gasteiger partial charge in [0.15, 0.2) is 5.75 Å². The number of ether oxygens (including phenoxy) is 1. The van der Waals surface area contributed by atoms with Gasteiger partial charge in [-0.1, -0.05) is 35.3 Å². The number of hydrogen-bond donors (Lipinski definition) is 0. The molecule has 1 aromatic heterocycles. The highest BCUT2D eigenvalue weighted by atomic mass is 35.5. The van der Waals surface area contributed by atoms with Crippen LogP contribution >= 0.6 is 23.2 Å². The van der Waals surface area contributed by atoms with E-state index in [4.69, 9.17) is 33.2 Å². The predicted molar refractivity (Wildman–Crippen MR) is 92.0 cm³/mol. The first-order valence-corrected chi connectivity index (χ1v) is 7.71. The second-order valence-electron chi connectivity index (χ2n) is 5.12. The van der Waals surface area contributed by atoms with Crippen LogP contribution in [0.4, 0.5) is 0 Å². The molecule has 0 atom stereocenters. The van der Waals surface area contributed by atoms with E-state index >= 15 is 0 Å². The van der Waals surface area contributed by atoms with Crippen LogP contribution in [-0.4, -0.2) is 4.98 Å². The van der Waals surface area contributed by atoms with Gasteiger partial charge in [-0.05, 0) is 42.8 Å². The lowest BCUT2D eigenvalue weighted by Gasteiger charge is -2.12. The van der Waals surface area contributed by atoms with E-state index in [1.807, 2.05) is 31.2 Å². The van der Waals surface area contributed by atoms with Crippen LogP contribution in [0.15, 0.2) is 42.5 Å². The van der Waals surface area contributed by atoms with Gasteiger partial charge in [0.05, 0.1) is 21.7 Å². The fourth-order valence-corrected chi connectivity index (χ4v) is 2.83. The lowest BCUT2D eigenvalue weighted by molar-refractivity contribution is 0.309. The van der Waals surface area contributed by atoms with Crippen molar-refractivity contribution in [2.45, 2.75) is 13.5 Å². The molecule has 0 saturated carbocycles. The number of benzene rings is 2. The number of pyridine rings is 1. The van der Waals surface area contributed by atoms with E-state index in [-0.39, 0.29) is 0 Å². The predicted octanol–water partition coefficient (Wildman–Crippen LogP) is 5.30. The second-order valence-corrected chi connectivity index (χ2v) is 5.93. The number of fused-ring (bicyclic) bond motifs is 1. The Kier molecular flexibility index (Phi) is 4.38. The standard InChI is InChI=1S/C18H12Cl2N2O/c1-11-2-7-14-15(19)8-16(20)18(17(14)22-11)23-10-13-5-3-12(9-21)4-6-13/h2-8H,10H2,1H3. The summed E-state index contributed by atoms with van der Waals surface area (Å²) in [7, 11) is 0. The molecule has 0 spiro atoms. The number of nitriles is 1. The van der Waals surface area contributed by atoms with Crippen molar-refractivity contribution in [2.24, 2.45) is 0 Å². The molecule has 114 valence electrons. The molecular formula is C18H12Cl2N2O. The molecule has 3 nitrogen and oxygen atoms in total. The van der Waals surface area contributed by atoms with Crippen LogP contribution in [0.1, 0.15) is 16.8 Å². The van der Waals surface area contributed by atoms with Gasteiger partial charge in [0.1, 0.15) is 12.1 Å². The van der Waals surface area contributed by atoms with E-state index in [1.54, 1.807) is 18.2 Å². The van der Waals surface area contributed by atoms with Crippen molar-refractivity contribution in [3.05, 3.63) is 69.3 Å². The van der Waals surface area contributed by atoms with Crippen LogP contribution in [0.5, 0.6) is 5.75 Å². The van der Waals surface area contributed by atoms with Gasteiger partial charge in [-0.15, -0.1) is 0 Å². The number of nitrogens with zero attached hydrogens (tertiary/aromatic N) is 2. The second kappa shape index (κ2) is 6.45. The highest BCUT2D eigenvalue weighted by Crippen LogP contribution is 2.37. The van der Waals surface area contributed by atoms with Gasteiger partial charge in [-0.2, -0.15) is 5.26 Å². The average Bonchev–Trinajstić information content (AvgIpc) is 2.55. The van der Waals surface area contributed by atoms with Gasteiger partial charge >= 0.3 is 0 Å². The topological polar surface area (TPSA) is 45.9 Å². The Balaban J connectivity index is 1.95. The van der Waals surface area contributed by atoms with Gasteiger partial charge in [-0.25, -0.2) is 4.98 Å². The summed E-state index contributed by atoms with van der Waals surface area (Å²) in [5.74, 6) is 0.513. The van der Waals surface area contributed by atoms with Crippen LogP contribution in [0.2, 0.25) is 10.0 Å². The van der Waals surface area contributed by atoms with E-state index in [1.165, 1.54) is 0 Å². The Morgan fingerprint density at radius 3 is 2.52 bits per heavy atom. The molecular weight excluding hydrogens is 331 g/mol. The molecule has 0 radical (unpaired) electrons. The molecule has 0 aliphatic rings. The van der Waals surface area contributed by atoms with E-state index in [2.05, 4.69) is 11.1 Å². The van der Waals surface area contributed by atoms with Gasteiger partial charge in [-0.3, -0.25) is 0 Å². The van der Waals surface area contributed by atoms with Crippen molar-refractivity contribution in [1.82, 2.24) is 4.98 Å². The summed E-state index contributed by atoms with van der Waals surface area (Å²) in [5.41, 5.74) is 3.06. The summed E-state index contributed by atoms with van der Waals surface area (Å²) in [5, 5.41) is 10.6. The van der Waals surface area contributed by atoms with Crippen molar-refractivity contribution in [2.75, 3.05) is 0 Å². The van der Waals surface area contributed by atoms with E-state index in [9.17, 15) is 0 Å². The largest absolute Gasteiger partial charge is 0.485 e. The van der Waals surface area contributed by atoms with Crippen molar-refractivity contribution < 1.29 is 4.74 Å². The van der Waals surface area contributed by atoms with Gasteiger partial charge in [0.25, 0.3) is 0 Å². The molecule has 3 rings (SSSR count). The van der Waals surface area contributed by atoms with Crippen LogP contribution in [0, 0.1) is 18.3 Å². The van der Waals surface area contributed by atoms with E-state index in [0.29, 0.717) is 33.5 Å². The Hall–Kier alpha value is -2.28. The summed E-state index contributed by atoms with van der Waals surface area (Å²) >= 11 is 12.5. The first-order chi connectivity index (χ1) is 11.1. The molecule has 0 amide bonds. The summed E-state index contributed by atoms with van der Waals surface area (Å²) in [6.07, 6.45) is 0. The molecule has 23 heavy (non-hydrogen) atoms. The van der Waals surface area contributed by atoms with Gasteiger partial charge in [0.2, 0.25) is 0 Å². The SMILES string of the molecule is Cc1ccc2c(Cl)cc(Cl)c(OCc3ccc(C#N)cc3)c2n1. The fourth-order valence-electron chi connectivity index (χ4n) is 2.26. The molecule has 1 heterocycles. The van der Waals surface area contributed by atoms with Crippen LogP contribution in [0.25, 0.3) is 10.9 Å². The van der Waals surface area contributed by atoms with Crippen LogP contribution < -0.4 is 4.74 Å². The number of aryl methyl sites for hydroxylation is 1. The van der Waals surface area contributed by atoms with Gasteiger partial charge in [0, 0.05) is 11.1 Å². The summed E-state index contributed by atoms with van der Waals surface area (Å²) in [6, 6.07) is 14.8. The van der Waals surface area contributed by atoms with Crippen LogP contribution in [-0.2, 0) is 6.61 Å². The molecule has 0 aliphatic carbocycles. The highest BCUT2D eigenvalue weighted by Gasteiger charge is 2.13. The van der Waals surface area contributed by atoms with Crippen LogP contribution in [0.3, 0.4) is 0 Å². The third-order valence-corrected chi connectivity index (χ3v) is 4.04. The number of hydrogen-bond acceptors (Lipinski definition) is 3. The lowest BCUT2D eigenvalue weighted by atomic mass is 10.1. The van der Waals surface area contributed by atoms with E-state index in [0.717, 1.165) is 16.6 Å². The normalized spacial score (nSPS) is 10.5. The minimum atomic E-state index is 0.331. The summed E-state index contributed by atoms with van der Waals surface area (Å²) in [4.78, 5) is 4.50. The molecule has 0 saturated heterocycles. The maximum Gasteiger partial charge on any atom is 0.164 e. The molecule has 0 unspecified atom stereocenters. The quantitative estimate of drug-likeness (QED) is 0.648. The molecule has 3 aromatic rings. The van der Waals surface area contributed by atoms with E-state index < -0.39 is 0 Å². The van der Waals surface area contributed by atoms with Gasteiger partial charge < -0.3 is 4.74 Å². The summed E-state index contributed by atoms with van der Waals surface area (Å²) in [6.45, 7) is 2.23. The maximum atomic E-state index is 8.82. The first kappa shape index (κ1) is 15.6. The van der Waals surface area contributed by atoms with Crippen molar-refractivity contribution in [3.8, 4) is 11.8 Å². The monoisotopic (exact) mass is 342 g/mol. The van der Waals surface area contributed by atoms with Crippen molar-refractivity contribution in [3.63, 3.8) is 0 Å². The number of aromatic nitrogens is 1. The smallest absolute Gasteiger partial charge is 0.164 e. The molecule has 0 fully saturated rings. The molecule has 0 bridgehead atoms. The Morgan fingerprint density at radius 2 is 1.83 bits per heavy atom. The third kappa shape index (κ3) is 3.24. The molecule has 0 aliphatic heterocycles.